The number of carbonyl (C=O) groups excluding carboxylic acids is 1. The molecule has 2 heterocycles. The first-order chi connectivity index (χ1) is 9.25. The number of nitrogen functional groups attached to an aromatic ring is 1. The maximum Gasteiger partial charge on any atom is 0.272 e. The third-order valence-corrected chi connectivity index (χ3v) is 4.00. The van der Waals surface area contributed by atoms with E-state index in [4.69, 9.17) is 10.5 Å². The molecule has 1 aliphatic heterocycles. The topological polar surface area (TPSA) is 68.5 Å². The number of hydrogen-bond acceptors (Lipinski definition) is 4. The lowest BCUT2D eigenvalue weighted by Crippen LogP contribution is -2.54. The van der Waals surface area contributed by atoms with E-state index >= 15 is 0 Å². The van der Waals surface area contributed by atoms with Gasteiger partial charge in [-0.2, -0.15) is 0 Å². The molecule has 1 amide bonds. The zero-order valence-corrected chi connectivity index (χ0v) is 10.9. The van der Waals surface area contributed by atoms with E-state index in [9.17, 15) is 4.79 Å². The van der Waals surface area contributed by atoms with Gasteiger partial charge in [0.1, 0.15) is 5.69 Å². The van der Waals surface area contributed by atoms with Crippen molar-refractivity contribution < 1.29 is 9.53 Å². The molecule has 0 aromatic carbocycles. The van der Waals surface area contributed by atoms with Crippen LogP contribution in [0.2, 0.25) is 0 Å². The minimum Gasteiger partial charge on any atom is -0.399 e. The number of hydrogen-bond donors (Lipinski definition) is 1. The van der Waals surface area contributed by atoms with Crippen LogP contribution in [0.15, 0.2) is 18.3 Å². The largest absolute Gasteiger partial charge is 0.399 e. The lowest BCUT2D eigenvalue weighted by atomic mass is 9.90. The van der Waals surface area contributed by atoms with Gasteiger partial charge >= 0.3 is 0 Å². The van der Waals surface area contributed by atoms with Crippen molar-refractivity contribution in [2.75, 3.05) is 18.9 Å². The molecule has 1 saturated heterocycles. The Morgan fingerprint density at radius 3 is 3.11 bits per heavy atom. The number of pyridine rings is 1. The maximum atomic E-state index is 12.6. The van der Waals surface area contributed by atoms with E-state index in [0.717, 1.165) is 12.8 Å². The molecule has 19 heavy (non-hydrogen) atoms. The van der Waals surface area contributed by atoms with E-state index in [1.54, 1.807) is 18.3 Å². The molecular formula is C14H19N3O2. The molecular weight excluding hydrogens is 242 g/mol. The number of aromatic nitrogens is 1. The molecule has 102 valence electrons. The highest BCUT2D eigenvalue weighted by atomic mass is 16.5. The van der Waals surface area contributed by atoms with Crippen molar-refractivity contribution in [3.8, 4) is 0 Å². The van der Waals surface area contributed by atoms with Gasteiger partial charge in [0.15, 0.2) is 0 Å². The SMILES string of the molecule is Nc1ccnc(C(=O)N2CCO[C@@H]3CCCC[C@H]32)c1. The summed E-state index contributed by atoms with van der Waals surface area (Å²) in [6.07, 6.45) is 6.23. The first-order valence-corrected chi connectivity index (χ1v) is 6.90. The van der Waals surface area contributed by atoms with Crippen molar-refractivity contribution >= 4 is 11.6 Å². The number of ether oxygens (including phenoxy) is 1. The Morgan fingerprint density at radius 2 is 2.26 bits per heavy atom. The number of carbonyl (C=O) groups is 1. The summed E-state index contributed by atoms with van der Waals surface area (Å²) in [7, 11) is 0. The molecule has 1 saturated carbocycles. The standard InChI is InChI=1S/C14H19N3O2/c15-10-5-6-16-11(9-10)14(18)17-7-8-19-13-4-2-1-3-12(13)17/h5-6,9,12-13H,1-4,7-8H2,(H2,15,16)/t12-,13-/m1/s1. The molecule has 0 unspecified atom stereocenters. The fourth-order valence-corrected chi connectivity index (χ4v) is 3.06. The summed E-state index contributed by atoms with van der Waals surface area (Å²) in [5.41, 5.74) is 6.73. The average molecular weight is 261 g/mol. The minimum atomic E-state index is -0.0208. The highest BCUT2D eigenvalue weighted by Gasteiger charge is 2.37. The Hall–Kier alpha value is -1.62. The second-order valence-corrected chi connectivity index (χ2v) is 5.23. The molecule has 0 bridgehead atoms. The predicted octanol–water partition coefficient (Wildman–Crippen LogP) is 1.45. The van der Waals surface area contributed by atoms with Gasteiger partial charge in [-0.15, -0.1) is 0 Å². The van der Waals surface area contributed by atoms with Gasteiger partial charge in [0.05, 0.1) is 18.8 Å². The van der Waals surface area contributed by atoms with Gasteiger partial charge in [-0.05, 0) is 25.0 Å². The summed E-state index contributed by atoms with van der Waals surface area (Å²) < 4.78 is 5.78. The molecule has 1 aliphatic carbocycles. The van der Waals surface area contributed by atoms with E-state index in [1.807, 2.05) is 4.90 Å². The number of fused-ring (bicyclic) bond motifs is 1. The van der Waals surface area contributed by atoms with E-state index in [1.165, 1.54) is 12.8 Å². The quantitative estimate of drug-likeness (QED) is 0.830. The van der Waals surface area contributed by atoms with Crippen LogP contribution in [0.3, 0.4) is 0 Å². The molecule has 1 aromatic rings. The summed E-state index contributed by atoms with van der Waals surface area (Å²) in [5, 5.41) is 0. The Kier molecular flexibility index (Phi) is 3.38. The molecule has 2 aliphatic rings. The fourth-order valence-electron chi connectivity index (χ4n) is 3.06. The van der Waals surface area contributed by atoms with E-state index in [2.05, 4.69) is 4.98 Å². The van der Waals surface area contributed by atoms with Gasteiger partial charge in [0, 0.05) is 18.4 Å². The van der Waals surface area contributed by atoms with E-state index in [0.29, 0.717) is 24.5 Å². The number of morpholine rings is 1. The van der Waals surface area contributed by atoms with Gasteiger partial charge in [-0.1, -0.05) is 12.8 Å². The molecule has 1 aromatic heterocycles. The van der Waals surface area contributed by atoms with Crippen molar-refractivity contribution in [3.63, 3.8) is 0 Å². The number of rotatable bonds is 1. The minimum absolute atomic E-state index is 0.0208. The first-order valence-electron chi connectivity index (χ1n) is 6.90. The Labute approximate surface area is 112 Å². The second kappa shape index (κ2) is 5.17. The monoisotopic (exact) mass is 261 g/mol. The number of anilines is 1. The molecule has 5 heteroatoms. The van der Waals surface area contributed by atoms with Crippen LogP contribution in [0.5, 0.6) is 0 Å². The lowest BCUT2D eigenvalue weighted by Gasteiger charge is -2.43. The predicted molar refractivity (Wildman–Crippen MR) is 71.7 cm³/mol. The number of nitrogens with two attached hydrogens (primary N) is 1. The van der Waals surface area contributed by atoms with Crippen molar-refractivity contribution in [3.05, 3.63) is 24.0 Å². The van der Waals surface area contributed by atoms with Crippen LogP contribution in [0, 0.1) is 0 Å². The van der Waals surface area contributed by atoms with Gasteiger partial charge in [-0.25, -0.2) is 0 Å². The van der Waals surface area contributed by atoms with Gasteiger partial charge < -0.3 is 15.4 Å². The summed E-state index contributed by atoms with van der Waals surface area (Å²) in [4.78, 5) is 18.6. The van der Waals surface area contributed by atoms with Gasteiger partial charge in [-0.3, -0.25) is 9.78 Å². The van der Waals surface area contributed by atoms with Crippen molar-refractivity contribution in [2.45, 2.75) is 37.8 Å². The highest BCUT2D eigenvalue weighted by molar-refractivity contribution is 5.93. The zero-order valence-electron chi connectivity index (χ0n) is 10.9. The molecule has 5 nitrogen and oxygen atoms in total. The third kappa shape index (κ3) is 2.42. The van der Waals surface area contributed by atoms with Crippen LogP contribution in [0.1, 0.15) is 36.2 Å². The van der Waals surface area contributed by atoms with Crippen molar-refractivity contribution in [1.29, 1.82) is 0 Å². The second-order valence-electron chi connectivity index (χ2n) is 5.23. The molecule has 2 fully saturated rings. The Bertz CT molecular complexity index is 476. The summed E-state index contributed by atoms with van der Waals surface area (Å²) in [6.45, 7) is 1.27. The Balaban J connectivity index is 1.82. The van der Waals surface area contributed by atoms with Crippen LogP contribution in [-0.2, 0) is 4.74 Å². The summed E-state index contributed by atoms with van der Waals surface area (Å²) in [5.74, 6) is -0.0208. The highest BCUT2D eigenvalue weighted by Crippen LogP contribution is 2.29. The number of amides is 1. The first kappa shape index (κ1) is 12.4. The van der Waals surface area contributed by atoms with Crippen LogP contribution >= 0.6 is 0 Å². The van der Waals surface area contributed by atoms with E-state index in [-0.39, 0.29) is 18.1 Å². The van der Waals surface area contributed by atoms with E-state index < -0.39 is 0 Å². The summed E-state index contributed by atoms with van der Waals surface area (Å²) in [6, 6.07) is 3.55. The molecule has 2 N–H and O–H groups in total. The van der Waals surface area contributed by atoms with Crippen LogP contribution in [0.25, 0.3) is 0 Å². The van der Waals surface area contributed by atoms with Crippen molar-refractivity contribution in [1.82, 2.24) is 9.88 Å². The number of nitrogens with zero attached hydrogens (tertiary/aromatic N) is 2. The van der Waals surface area contributed by atoms with Gasteiger partial charge in [0.2, 0.25) is 0 Å². The van der Waals surface area contributed by atoms with Crippen LogP contribution < -0.4 is 5.73 Å². The smallest absolute Gasteiger partial charge is 0.272 e. The maximum absolute atomic E-state index is 12.6. The zero-order chi connectivity index (χ0) is 13.2. The third-order valence-electron chi connectivity index (χ3n) is 4.00. The molecule has 0 radical (unpaired) electrons. The average Bonchev–Trinajstić information content (AvgIpc) is 2.46. The van der Waals surface area contributed by atoms with Crippen LogP contribution in [0.4, 0.5) is 5.69 Å². The van der Waals surface area contributed by atoms with Gasteiger partial charge in [0.25, 0.3) is 5.91 Å². The Morgan fingerprint density at radius 1 is 1.42 bits per heavy atom. The fraction of sp³-hybridized carbons (Fsp3) is 0.571. The molecule has 3 rings (SSSR count). The summed E-state index contributed by atoms with van der Waals surface area (Å²) >= 11 is 0. The molecule has 0 spiro atoms. The molecule has 2 atom stereocenters. The van der Waals surface area contributed by atoms with Crippen molar-refractivity contribution in [2.24, 2.45) is 0 Å². The van der Waals surface area contributed by atoms with Crippen LogP contribution in [-0.4, -0.2) is 41.1 Å². The lowest BCUT2D eigenvalue weighted by molar-refractivity contribution is -0.0754. The normalized spacial score (nSPS) is 26.8.